The highest BCUT2D eigenvalue weighted by atomic mass is 32.2. The van der Waals surface area contributed by atoms with Crippen LogP contribution in [0.2, 0.25) is 0 Å². The second-order valence-corrected chi connectivity index (χ2v) is 7.21. The highest BCUT2D eigenvalue weighted by molar-refractivity contribution is 8.00. The van der Waals surface area contributed by atoms with Crippen molar-refractivity contribution >= 4 is 23.6 Å². The molecular weight excluding hydrogens is 334 g/mol. The third kappa shape index (κ3) is 3.85. The van der Waals surface area contributed by atoms with Gasteiger partial charge in [0.1, 0.15) is 5.03 Å². The van der Waals surface area contributed by atoms with Gasteiger partial charge in [0.15, 0.2) is 0 Å². The molecule has 0 atom stereocenters. The Hall–Kier alpha value is -2.34. The number of carbonyl (C=O) groups excluding carboxylic acids is 2. The maximum atomic E-state index is 12.6. The number of primary amides is 1. The SMILES string of the molecule is Cc1cc(C)c(C(N)=O)c(SCC(=O)N2CCc3ccccc3C2)n1. The Kier molecular flexibility index (Phi) is 5.08. The van der Waals surface area contributed by atoms with Crippen LogP contribution in [0.4, 0.5) is 0 Å². The van der Waals surface area contributed by atoms with Crippen LogP contribution in [-0.4, -0.2) is 34.0 Å². The number of nitrogens with two attached hydrogens (primary N) is 1. The zero-order valence-electron chi connectivity index (χ0n) is 14.4. The average molecular weight is 355 g/mol. The number of hydrogen-bond donors (Lipinski definition) is 1. The Bertz CT molecular complexity index is 835. The molecule has 6 heteroatoms. The number of hydrogen-bond acceptors (Lipinski definition) is 4. The number of rotatable bonds is 4. The normalized spacial score (nSPS) is 13.4. The fourth-order valence-electron chi connectivity index (χ4n) is 3.14. The summed E-state index contributed by atoms with van der Waals surface area (Å²) in [6.45, 7) is 5.06. The van der Waals surface area contributed by atoms with E-state index in [-0.39, 0.29) is 11.7 Å². The van der Waals surface area contributed by atoms with E-state index in [1.54, 1.807) is 0 Å². The van der Waals surface area contributed by atoms with Gasteiger partial charge in [-0.05, 0) is 43.0 Å². The van der Waals surface area contributed by atoms with E-state index in [0.29, 0.717) is 17.1 Å². The van der Waals surface area contributed by atoms with Crippen LogP contribution in [0.5, 0.6) is 0 Å². The van der Waals surface area contributed by atoms with Gasteiger partial charge in [-0.25, -0.2) is 4.98 Å². The minimum absolute atomic E-state index is 0.0517. The second-order valence-electron chi connectivity index (χ2n) is 6.25. The molecular formula is C19H21N3O2S. The number of thioether (sulfide) groups is 1. The summed E-state index contributed by atoms with van der Waals surface area (Å²) in [5.74, 6) is -0.207. The number of carbonyl (C=O) groups is 2. The van der Waals surface area contributed by atoms with Crippen molar-refractivity contribution in [1.29, 1.82) is 0 Å². The predicted molar refractivity (Wildman–Crippen MR) is 98.5 cm³/mol. The third-order valence-electron chi connectivity index (χ3n) is 4.37. The maximum Gasteiger partial charge on any atom is 0.251 e. The maximum absolute atomic E-state index is 12.6. The zero-order valence-corrected chi connectivity index (χ0v) is 15.2. The van der Waals surface area contributed by atoms with E-state index >= 15 is 0 Å². The highest BCUT2D eigenvalue weighted by Gasteiger charge is 2.22. The number of aromatic nitrogens is 1. The first-order chi connectivity index (χ1) is 12.0. The Morgan fingerprint density at radius 3 is 2.68 bits per heavy atom. The number of benzene rings is 1. The molecule has 5 nitrogen and oxygen atoms in total. The summed E-state index contributed by atoms with van der Waals surface area (Å²) in [4.78, 5) is 30.6. The molecule has 2 N–H and O–H groups in total. The molecule has 0 unspecified atom stereocenters. The van der Waals surface area contributed by atoms with Crippen molar-refractivity contribution < 1.29 is 9.59 Å². The molecule has 0 saturated carbocycles. The van der Waals surface area contributed by atoms with Crippen molar-refractivity contribution in [3.05, 3.63) is 58.3 Å². The quantitative estimate of drug-likeness (QED) is 0.855. The van der Waals surface area contributed by atoms with E-state index in [1.165, 1.54) is 22.9 Å². The molecule has 2 aromatic rings. The topological polar surface area (TPSA) is 76.3 Å². The second kappa shape index (κ2) is 7.27. The van der Waals surface area contributed by atoms with Crippen LogP contribution in [0.1, 0.15) is 32.7 Å². The van der Waals surface area contributed by atoms with Gasteiger partial charge in [-0.1, -0.05) is 36.0 Å². The fourth-order valence-corrected chi connectivity index (χ4v) is 4.19. The Labute approximate surface area is 151 Å². The van der Waals surface area contributed by atoms with Gasteiger partial charge in [-0.2, -0.15) is 0 Å². The molecule has 130 valence electrons. The summed E-state index contributed by atoms with van der Waals surface area (Å²) in [5, 5.41) is 0.538. The van der Waals surface area contributed by atoms with Gasteiger partial charge in [0, 0.05) is 18.8 Å². The molecule has 0 saturated heterocycles. The molecule has 0 spiro atoms. The number of nitrogens with zero attached hydrogens (tertiary/aromatic N) is 2. The molecule has 3 rings (SSSR count). The molecule has 2 amide bonds. The Balaban J connectivity index is 1.70. The molecule has 2 heterocycles. The summed E-state index contributed by atoms with van der Waals surface area (Å²) in [6.07, 6.45) is 0.876. The Morgan fingerprint density at radius 2 is 1.96 bits per heavy atom. The number of pyridine rings is 1. The predicted octanol–water partition coefficient (Wildman–Crippen LogP) is 2.47. The van der Waals surface area contributed by atoms with E-state index < -0.39 is 5.91 Å². The van der Waals surface area contributed by atoms with E-state index in [4.69, 9.17) is 5.73 Å². The van der Waals surface area contributed by atoms with E-state index in [1.807, 2.05) is 36.9 Å². The highest BCUT2D eigenvalue weighted by Crippen LogP contribution is 2.25. The van der Waals surface area contributed by atoms with E-state index in [2.05, 4.69) is 17.1 Å². The van der Waals surface area contributed by atoms with Gasteiger partial charge < -0.3 is 10.6 Å². The van der Waals surface area contributed by atoms with Crippen LogP contribution in [0, 0.1) is 13.8 Å². The number of fused-ring (bicyclic) bond motifs is 1. The average Bonchev–Trinajstić information content (AvgIpc) is 2.58. The number of aryl methyl sites for hydroxylation is 2. The van der Waals surface area contributed by atoms with Gasteiger partial charge >= 0.3 is 0 Å². The van der Waals surface area contributed by atoms with Crippen LogP contribution in [0.15, 0.2) is 35.4 Å². The van der Waals surface area contributed by atoms with Crippen molar-refractivity contribution in [1.82, 2.24) is 9.88 Å². The first-order valence-electron chi connectivity index (χ1n) is 8.21. The summed E-state index contributed by atoms with van der Waals surface area (Å²) in [6, 6.07) is 10.0. The van der Waals surface area contributed by atoms with Crippen LogP contribution >= 0.6 is 11.8 Å². The standard InChI is InChI=1S/C19H21N3O2S/c1-12-9-13(2)21-19(17(12)18(20)24)25-11-16(23)22-8-7-14-5-3-4-6-15(14)10-22/h3-6,9H,7-8,10-11H2,1-2H3,(H2,20,24). The van der Waals surface area contributed by atoms with Crippen molar-refractivity contribution in [3.8, 4) is 0 Å². The third-order valence-corrected chi connectivity index (χ3v) is 5.33. The lowest BCUT2D eigenvalue weighted by Gasteiger charge is -2.28. The molecule has 0 aliphatic carbocycles. The lowest BCUT2D eigenvalue weighted by molar-refractivity contribution is -0.129. The fraction of sp³-hybridized carbons (Fsp3) is 0.316. The van der Waals surface area contributed by atoms with Crippen LogP contribution < -0.4 is 5.73 Å². The molecule has 1 aliphatic rings. The molecule has 0 radical (unpaired) electrons. The molecule has 0 fully saturated rings. The first kappa shape index (κ1) is 17.5. The van der Waals surface area contributed by atoms with Crippen LogP contribution in [0.3, 0.4) is 0 Å². The number of amides is 2. The smallest absolute Gasteiger partial charge is 0.251 e. The van der Waals surface area contributed by atoms with Crippen LogP contribution in [0.25, 0.3) is 0 Å². The van der Waals surface area contributed by atoms with Gasteiger partial charge in [0.2, 0.25) is 5.91 Å². The molecule has 1 aromatic heterocycles. The van der Waals surface area contributed by atoms with Crippen LogP contribution in [-0.2, 0) is 17.8 Å². The molecule has 1 aromatic carbocycles. The van der Waals surface area contributed by atoms with Crippen molar-refractivity contribution in [2.24, 2.45) is 5.73 Å². The van der Waals surface area contributed by atoms with Gasteiger partial charge in [-0.3, -0.25) is 9.59 Å². The van der Waals surface area contributed by atoms with Crippen molar-refractivity contribution in [3.63, 3.8) is 0 Å². The molecule has 0 bridgehead atoms. The summed E-state index contributed by atoms with van der Waals surface area (Å²) in [5.41, 5.74) is 10.0. The largest absolute Gasteiger partial charge is 0.366 e. The molecule has 1 aliphatic heterocycles. The monoisotopic (exact) mass is 355 g/mol. The molecule has 25 heavy (non-hydrogen) atoms. The zero-order chi connectivity index (χ0) is 18.0. The van der Waals surface area contributed by atoms with Gasteiger partial charge in [0.25, 0.3) is 5.91 Å². The summed E-state index contributed by atoms with van der Waals surface area (Å²) >= 11 is 1.28. The lowest BCUT2D eigenvalue weighted by Crippen LogP contribution is -2.37. The van der Waals surface area contributed by atoms with E-state index in [9.17, 15) is 9.59 Å². The minimum Gasteiger partial charge on any atom is -0.366 e. The van der Waals surface area contributed by atoms with Crippen molar-refractivity contribution in [2.45, 2.75) is 31.8 Å². The van der Waals surface area contributed by atoms with Gasteiger partial charge in [-0.15, -0.1) is 0 Å². The van der Waals surface area contributed by atoms with Crippen molar-refractivity contribution in [2.75, 3.05) is 12.3 Å². The summed E-state index contributed by atoms with van der Waals surface area (Å²) < 4.78 is 0. The first-order valence-corrected chi connectivity index (χ1v) is 9.19. The summed E-state index contributed by atoms with van der Waals surface area (Å²) in [7, 11) is 0. The van der Waals surface area contributed by atoms with Gasteiger partial charge in [0.05, 0.1) is 11.3 Å². The minimum atomic E-state index is -0.508. The lowest BCUT2D eigenvalue weighted by atomic mass is 10.00. The Morgan fingerprint density at radius 1 is 1.24 bits per heavy atom. The van der Waals surface area contributed by atoms with E-state index in [0.717, 1.165) is 24.2 Å².